The number of nitrogens with one attached hydrogen (secondary N) is 2. The summed E-state index contributed by atoms with van der Waals surface area (Å²) in [5, 5.41) is 14.3. The average Bonchev–Trinajstić information content (AvgIpc) is 2.34. The zero-order valence-electron chi connectivity index (χ0n) is 12.8. The molecule has 0 heterocycles. The number of carbonyl (C=O) groups excluding carboxylic acids is 1. The third-order valence-electron chi connectivity index (χ3n) is 2.67. The second kappa shape index (κ2) is 6.92. The molecule has 1 rings (SSSR count). The maximum Gasteiger partial charge on any atom is 0.328 e. The van der Waals surface area contributed by atoms with Gasteiger partial charge >= 0.3 is 12.0 Å². The summed E-state index contributed by atoms with van der Waals surface area (Å²) in [4.78, 5) is 22.3. The monoisotopic (exact) mass is 290 g/mol. The van der Waals surface area contributed by atoms with Gasteiger partial charge in [-0.2, -0.15) is 0 Å². The molecule has 0 bridgehead atoms. The molecular weight excluding hydrogens is 268 g/mol. The predicted molar refractivity (Wildman–Crippen MR) is 82.9 cm³/mol. The molecule has 0 aliphatic rings. The molecule has 1 unspecified atom stereocenters. The van der Waals surface area contributed by atoms with Crippen LogP contribution < -0.4 is 10.6 Å². The molecule has 0 aromatic heterocycles. The quantitative estimate of drug-likeness (QED) is 0.746. The maximum absolute atomic E-state index is 11.8. The van der Waals surface area contributed by atoms with Crippen LogP contribution in [0.3, 0.4) is 0 Å². The number of carbonyl (C=O) groups is 2. The second-order valence-corrected chi connectivity index (χ2v) is 5.91. The van der Waals surface area contributed by atoms with Crippen molar-refractivity contribution in [2.24, 2.45) is 0 Å². The van der Waals surface area contributed by atoms with Crippen molar-refractivity contribution < 1.29 is 14.7 Å². The minimum absolute atomic E-state index is 0.175. The van der Waals surface area contributed by atoms with Crippen molar-refractivity contribution in [3.05, 3.63) is 41.5 Å². The minimum atomic E-state index is -0.990. The lowest BCUT2D eigenvalue weighted by atomic mass is 10.0. The molecule has 0 saturated carbocycles. The number of urea groups is 1. The van der Waals surface area contributed by atoms with Crippen molar-refractivity contribution in [1.82, 2.24) is 10.6 Å². The van der Waals surface area contributed by atoms with E-state index in [0.29, 0.717) is 0 Å². The highest BCUT2D eigenvalue weighted by atomic mass is 16.4. The van der Waals surface area contributed by atoms with Crippen LogP contribution in [-0.2, 0) is 4.79 Å². The normalized spacial score (nSPS) is 13.0. The summed E-state index contributed by atoms with van der Waals surface area (Å²) in [6.07, 6.45) is 2.61. The smallest absolute Gasteiger partial charge is 0.328 e. The van der Waals surface area contributed by atoms with E-state index in [1.165, 1.54) is 6.08 Å². The Balaban J connectivity index is 2.74. The third kappa shape index (κ3) is 6.61. The van der Waals surface area contributed by atoms with Gasteiger partial charge in [-0.15, -0.1) is 0 Å². The fourth-order valence-electron chi connectivity index (χ4n) is 1.76. The summed E-state index contributed by atoms with van der Waals surface area (Å²) < 4.78 is 0. The summed E-state index contributed by atoms with van der Waals surface area (Å²) in [5.41, 5.74) is 1.39. The van der Waals surface area contributed by atoms with Crippen LogP contribution in [0.2, 0.25) is 0 Å². The first-order valence-electron chi connectivity index (χ1n) is 6.77. The Morgan fingerprint density at radius 3 is 2.52 bits per heavy atom. The summed E-state index contributed by atoms with van der Waals surface area (Å²) in [6.45, 7) is 7.61. The van der Waals surface area contributed by atoms with Crippen LogP contribution in [-0.4, -0.2) is 22.6 Å². The maximum atomic E-state index is 11.8. The van der Waals surface area contributed by atoms with Crippen molar-refractivity contribution in [3.63, 3.8) is 0 Å². The van der Waals surface area contributed by atoms with Crippen LogP contribution in [0.15, 0.2) is 30.3 Å². The molecule has 1 aromatic rings. The fourth-order valence-corrected chi connectivity index (χ4v) is 1.76. The molecule has 0 radical (unpaired) electrons. The first kappa shape index (κ1) is 16.8. The zero-order valence-corrected chi connectivity index (χ0v) is 12.8. The van der Waals surface area contributed by atoms with Crippen LogP contribution in [0.4, 0.5) is 4.79 Å². The molecule has 5 heteroatoms. The topological polar surface area (TPSA) is 78.4 Å². The van der Waals surface area contributed by atoms with E-state index < -0.39 is 5.97 Å². The van der Waals surface area contributed by atoms with Crippen molar-refractivity contribution >= 4 is 18.1 Å². The van der Waals surface area contributed by atoms with Crippen LogP contribution in [0, 0.1) is 0 Å². The van der Waals surface area contributed by atoms with E-state index in [9.17, 15) is 9.59 Å². The fraction of sp³-hybridized carbons (Fsp3) is 0.375. The summed E-state index contributed by atoms with van der Waals surface area (Å²) in [5.74, 6) is -0.990. The van der Waals surface area contributed by atoms with Gasteiger partial charge < -0.3 is 15.7 Å². The number of hydrogen-bond donors (Lipinski definition) is 3. The van der Waals surface area contributed by atoms with E-state index in [-0.39, 0.29) is 17.6 Å². The zero-order chi connectivity index (χ0) is 16.0. The first-order chi connectivity index (χ1) is 9.67. The number of hydrogen-bond acceptors (Lipinski definition) is 2. The van der Waals surface area contributed by atoms with Gasteiger partial charge in [0.2, 0.25) is 0 Å². The molecule has 2 amide bonds. The number of carboxylic acid groups (broad SMARTS) is 1. The Labute approximate surface area is 125 Å². The second-order valence-electron chi connectivity index (χ2n) is 5.91. The van der Waals surface area contributed by atoms with Gasteiger partial charge in [0.05, 0.1) is 6.04 Å². The van der Waals surface area contributed by atoms with E-state index in [1.807, 2.05) is 52.0 Å². The molecule has 3 N–H and O–H groups in total. The van der Waals surface area contributed by atoms with Crippen LogP contribution in [0.25, 0.3) is 6.08 Å². The lowest BCUT2D eigenvalue weighted by Crippen LogP contribution is -2.47. The van der Waals surface area contributed by atoms with E-state index in [1.54, 1.807) is 0 Å². The van der Waals surface area contributed by atoms with Crippen molar-refractivity contribution in [3.8, 4) is 0 Å². The van der Waals surface area contributed by atoms with Gasteiger partial charge in [0.15, 0.2) is 0 Å². The molecular formula is C16H22N2O3. The van der Waals surface area contributed by atoms with Gasteiger partial charge in [-0.3, -0.25) is 0 Å². The number of amides is 2. The Bertz CT molecular complexity index is 545. The molecule has 0 saturated heterocycles. The molecule has 0 aliphatic carbocycles. The largest absolute Gasteiger partial charge is 0.478 e. The van der Waals surface area contributed by atoms with E-state index in [4.69, 9.17) is 5.11 Å². The Hall–Kier alpha value is -2.30. The van der Waals surface area contributed by atoms with Gasteiger partial charge in [-0.05, 0) is 51.0 Å². The van der Waals surface area contributed by atoms with Crippen molar-refractivity contribution in [2.75, 3.05) is 0 Å². The standard InChI is InChI=1S/C16H22N2O3/c1-11(17-15(21)18-16(2,3)4)13-7-5-6-12(10-13)8-9-14(19)20/h5-11H,1-4H3,(H,19,20)(H2,17,18,21). The lowest BCUT2D eigenvalue weighted by molar-refractivity contribution is -0.131. The first-order valence-corrected chi connectivity index (χ1v) is 6.77. The van der Waals surface area contributed by atoms with Crippen LogP contribution >= 0.6 is 0 Å². The third-order valence-corrected chi connectivity index (χ3v) is 2.67. The Morgan fingerprint density at radius 2 is 1.95 bits per heavy atom. The summed E-state index contributed by atoms with van der Waals surface area (Å²) in [7, 11) is 0. The SMILES string of the molecule is CC(NC(=O)NC(C)(C)C)c1cccc(C=CC(=O)O)c1. The molecule has 5 nitrogen and oxygen atoms in total. The summed E-state index contributed by atoms with van der Waals surface area (Å²) in [6, 6.07) is 6.97. The molecule has 21 heavy (non-hydrogen) atoms. The van der Waals surface area contributed by atoms with E-state index in [0.717, 1.165) is 17.2 Å². The average molecular weight is 290 g/mol. The van der Waals surface area contributed by atoms with Gasteiger partial charge in [0.25, 0.3) is 0 Å². The minimum Gasteiger partial charge on any atom is -0.478 e. The van der Waals surface area contributed by atoms with Gasteiger partial charge in [-0.25, -0.2) is 9.59 Å². The van der Waals surface area contributed by atoms with E-state index in [2.05, 4.69) is 10.6 Å². The van der Waals surface area contributed by atoms with Crippen molar-refractivity contribution in [2.45, 2.75) is 39.3 Å². The highest BCUT2D eigenvalue weighted by Crippen LogP contribution is 2.15. The highest BCUT2D eigenvalue weighted by Gasteiger charge is 2.15. The molecule has 1 aromatic carbocycles. The highest BCUT2D eigenvalue weighted by molar-refractivity contribution is 5.85. The van der Waals surface area contributed by atoms with Crippen LogP contribution in [0.5, 0.6) is 0 Å². The number of rotatable bonds is 4. The number of aliphatic carboxylic acids is 1. The van der Waals surface area contributed by atoms with E-state index >= 15 is 0 Å². The lowest BCUT2D eigenvalue weighted by Gasteiger charge is -2.23. The van der Waals surface area contributed by atoms with Gasteiger partial charge in [0, 0.05) is 11.6 Å². The molecule has 1 atom stereocenters. The predicted octanol–water partition coefficient (Wildman–Crippen LogP) is 2.94. The Morgan fingerprint density at radius 1 is 1.29 bits per heavy atom. The van der Waals surface area contributed by atoms with Crippen LogP contribution in [0.1, 0.15) is 44.9 Å². The number of carboxylic acids is 1. The molecule has 0 fully saturated rings. The Kier molecular flexibility index (Phi) is 5.52. The molecule has 114 valence electrons. The summed E-state index contributed by atoms with van der Waals surface area (Å²) >= 11 is 0. The number of benzene rings is 1. The van der Waals surface area contributed by atoms with Crippen molar-refractivity contribution in [1.29, 1.82) is 0 Å². The molecule has 0 aliphatic heterocycles. The van der Waals surface area contributed by atoms with Gasteiger partial charge in [0.1, 0.15) is 0 Å². The van der Waals surface area contributed by atoms with Gasteiger partial charge in [-0.1, -0.05) is 18.2 Å². The molecule has 0 spiro atoms.